The third kappa shape index (κ3) is 0.998. The molecule has 0 saturated heterocycles. The number of benzene rings is 1. The molecule has 1 heterocycles. The highest BCUT2D eigenvalue weighted by molar-refractivity contribution is 5.82. The van der Waals surface area contributed by atoms with Crippen molar-refractivity contribution in [2.24, 2.45) is 0 Å². The van der Waals surface area contributed by atoms with E-state index in [0.717, 1.165) is 6.54 Å². The topological polar surface area (TPSA) is 12.0 Å². The van der Waals surface area contributed by atoms with Gasteiger partial charge in [-0.1, -0.05) is 18.2 Å². The van der Waals surface area contributed by atoms with Crippen LogP contribution in [-0.4, -0.2) is 6.54 Å². The summed E-state index contributed by atoms with van der Waals surface area (Å²) >= 11 is 0. The molecule has 66 valence electrons. The lowest BCUT2D eigenvalue weighted by Crippen LogP contribution is -2.13. The largest absolute Gasteiger partial charge is 0.381 e. The molecule has 0 saturated carbocycles. The van der Waals surface area contributed by atoms with Crippen LogP contribution in [0.15, 0.2) is 24.3 Å². The average Bonchev–Trinajstić information content (AvgIpc) is 2.19. The molecule has 1 aliphatic heterocycles. The summed E-state index contributed by atoms with van der Waals surface area (Å²) in [7, 11) is 0. The van der Waals surface area contributed by atoms with Gasteiger partial charge in [-0.15, -0.1) is 0 Å². The number of anilines is 1. The molecule has 1 N–H and O–H groups in total. The summed E-state index contributed by atoms with van der Waals surface area (Å²) in [4.78, 5) is 0. The highest BCUT2D eigenvalue weighted by Crippen LogP contribution is 2.37. The molecule has 0 fully saturated rings. The molecule has 13 heavy (non-hydrogen) atoms. The van der Waals surface area contributed by atoms with Gasteiger partial charge in [0.05, 0.1) is 0 Å². The highest BCUT2D eigenvalue weighted by atomic mass is 14.9. The van der Waals surface area contributed by atoms with Gasteiger partial charge < -0.3 is 5.32 Å². The third-order valence-electron chi connectivity index (χ3n) is 3.01. The van der Waals surface area contributed by atoms with Gasteiger partial charge >= 0.3 is 0 Å². The van der Waals surface area contributed by atoms with Crippen LogP contribution in [0.4, 0.5) is 5.69 Å². The summed E-state index contributed by atoms with van der Waals surface area (Å²) in [6.07, 6.45) is 6.18. The van der Waals surface area contributed by atoms with E-state index in [1.807, 2.05) is 0 Å². The quantitative estimate of drug-likeness (QED) is 0.633. The van der Waals surface area contributed by atoms with Crippen molar-refractivity contribution in [1.29, 1.82) is 0 Å². The molecular formula is C12H13N. The minimum absolute atomic E-state index is 1.01. The summed E-state index contributed by atoms with van der Waals surface area (Å²) in [5.41, 5.74) is 5.94. The van der Waals surface area contributed by atoms with Crippen molar-refractivity contribution in [3.05, 3.63) is 35.4 Å². The van der Waals surface area contributed by atoms with E-state index in [-0.39, 0.29) is 0 Å². The van der Waals surface area contributed by atoms with Gasteiger partial charge in [-0.25, -0.2) is 0 Å². The Morgan fingerprint density at radius 2 is 2.15 bits per heavy atom. The van der Waals surface area contributed by atoms with Gasteiger partial charge in [-0.3, -0.25) is 0 Å². The van der Waals surface area contributed by atoms with Gasteiger partial charge in [0.25, 0.3) is 0 Å². The van der Waals surface area contributed by atoms with Gasteiger partial charge in [0, 0.05) is 17.8 Å². The Kier molecular flexibility index (Phi) is 1.45. The van der Waals surface area contributed by atoms with Gasteiger partial charge in [-0.05, 0) is 36.5 Å². The van der Waals surface area contributed by atoms with Crippen LogP contribution in [0.3, 0.4) is 0 Å². The molecule has 0 unspecified atom stereocenters. The number of allylic oxidation sites excluding steroid dienone is 1. The number of aryl methyl sites for hydroxylation is 1. The van der Waals surface area contributed by atoms with Crippen LogP contribution in [0.5, 0.6) is 0 Å². The molecule has 2 aliphatic rings. The van der Waals surface area contributed by atoms with Crippen molar-refractivity contribution in [2.75, 3.05) is 11.9 Å². The lowest BCUT2D eigenvalue weighted by atomic mass is 9.85. The Labute approximate surface area is 78.5 Å². The fourth-order valence-electron chi connectivity index (χ4n) is 2.42. The van der Waals surface area contributed by atoms with E-state index in [4.69, 9.17) is 0 Å². The summed E-state index contributed by atoms with van der Waals surface area (Å²) < 4.78 is 0. The number of rotatable bonds is 0. The fourth-order valence-corrected chi connectivity index (χ4v) is 2.42. The first-order valence-electron chi connectivity index (χ1n) is 5.00. The van der Waals surface area contributed by atoms with E-state index < -0.39 is 0 Å². The maximum absolute atomic E-state index is 3.43. The molecule has 1 aliphatic carbocycles. The van der Waals surface area contributed by atoms with E-state index in [1.54, 1.807) is 5.57 Å². The summed E-state index contributed by atoms with van der Waals surface area (Å²) in [6, 6.07) is 6.62. The Bertz CT molecular complexity index is 377. The van der Waals surface area contributed by atoms with Crippen LogP contribution in [0, 0.1) is 0 Å². The Morgan fingerprint density at radius 3 is 3.15 bits per heavy atom. The molecule has 1 aromatic rings. The molecule has 0 amide bonds. The monoisotopic (exact) mass is 171 g/mol. The second kappa shape index (κ2) is 2.63. The van der Waals surface area contributed by atoms with E-state index in [1.165, 1.54) is 36.1 Å². The average molecular weight is 171 g/mol. The lowest BCUT2D eigenvalue weighted by Gasteiger charge is -2.26. The van der Waals surface area contributed by atoms with Crippen molar-refractivity contribution in [1.82, 2.24) is 0 Å². The smallest absolute Gasteiger partial charge is 0.0421 e. The van der Waals surface area contributed by atoms with Gasteiger partial charge in [0.1, 0.15) is 0 Å². The first-order valence-corrected chi connectivity index (χ1v) is 5.00. The minimum Gasteiger partial charge on any atom is -0.381 e. The van der Waals surface area contributed by atoms with Crippen LogP contribution in [-0.2, 0) is 6.42 Å². The van der Waals surface area contributed by atoms with Crippen molar-refractivity contribution in [2.45, 2.75) is 19.3 Å². The van der Waals surface area contributed by atoms with Crippen LogP contribution in [0.1, 0.15) is 24.0 Å². The van der Waals surface area contributed by atoms with Crippen LogP contribution in [0.2, 0.25) is 0 Å². The molecule has 0 atom stereocenters. The zero-order valence-corrected chi connectivity index (χ0v) is 7.64. The molecule has 0 aromatic heterocycles. The molecule has 3 rings (SSSR count). The van der Waals surface area contributed by atoms with Gasteiger partial charge in [0.15, 0.2) is 0 Å². The molecule has 0 bridgehead atoms. The first kappa shape index (κ1) is 7.19. The zero-order valence-electron chi connectivity index (χ0n) is 7.64. The SMILES string of the molecule is C1=C2CCCc3cccc(c32)NC1. The van der Waals surface area contributed by atoms with E-state index in [9.17, 15) is 0 Å². The lowest BCUT2D eigenvalue weighted by molar-refractivity contribution is 0.818. The molecular weight excluding hydrogens is 158 g/mol. The number of nitrogens with one attached hydrogen (secondary N) is 1. The van der Waals surface area contributed by atoms with Gasteiger partial charge in [-0.2, -0.15) is 0 Å². The Balaban J connectivity index is 2.27. The molecule has 1 nitrogen and oxygen atoms in total. The maximum Gasteiger partial charge on any atom is 0.0421 e. The van der Waals surface area contributed by atoms with E-state index >= 15 is 0 Å². The van der Waals surface area contributed by atoms with Crippen LogP contribution < -0.4 is 5.32 Å². The second-order valence-electron chi connectivity index (χ2n) is 3.80. The predicted molar refractivity (Wildman–Crippen MR) is 55.8 cm³/mol. The van der Waals surface area contributed by atoms with Crippen molar-refractivity contribution >= 4 is 11.3 Å². The summed E-state index contributed by atoms with van der Waals surface area (Å²) in [6.45, 7) is 1.01. The third-order valence-corrected chi connectivity index (χ3v) is 3.01. The maximum atomic E-state index is 3.43. The molecule has 0 spiro atoms. The summed E-state index contributed by atoms with van der Waals surface area (Å²) in [5, 5.41) is 3.43. The summed E-state index contributed by atoms with van der Waals surface area (Å²) in [5.74, 6) is 0. The van der Waals surface area contributed by atoms with Crippen molar-refractivity contribution in [3.63, 3.8) is 0 Å². The van der Waals surface area contributed by atoms with E-state index in [2.05, 4.69) is 29.6 Å². The fraction of sp³-hybridized carbons (Fsp3) is 0.333. The normalized spacial score (nSPS) is 18.6. The van der Waals surface area contributed by atoms with Crippen LogP contribution in [0.25, 0.3) is 5.57 Å². The van der Waals surface area contributed by atoms with Crippen LogP contribution >= 0.6 is 0 Å². The van der Waals surface area contributed by atoms with Gasteiger partial charge in [0.2, 0.25) is 0 Å². The predicted octanol–water partition coefficient (Wildman–Crippen LogP) is 2.83. The number of hydrogen-bond donors (Lipinski definition) is 1. The molecule has 1 aromatic carbocycles. The zero-order chi connectivity index (χ0) is 8.67. The Hall–Kier alpha value is -1.24. The first-order chi connectivity index (χ1) is 6.45. The second-order valence-corrected chi connectivity index (χ2v) is 3.80. The standard InChI is InChI=1S/C12H13N/c1-3-9-5-2-6-11-12(9)10(4-1)7-8-13-11/h2,5-7,13H,1,3-4,8H2. The number of hydrogen-bond acceptors (Lipinski definition) is 1. The van der Waals surface area contributed by atoms with Crippen molar-refractivity contribution < 1.29 is 0 Å². The molecule has 1 heteroatoms. The minimum atomic E-state index is 1.01. The molecule has 0 radical (unpaired) electrons. The Morgan fingerprint density at radius 1 is 1.15 bits per heavy atom. The van der Waals surface area contributed by atoms with E-state index in [0.29, 0.717) is 0 Å². The highest BCUT2D eigenvalue weighted by Gasteiger charge is 2.19. The van der Waals surface area contributed by atoms with Crippen molar-refractivity contribution in [3.8, 4) is 0 Å².